The maximum atomic E-state index is 9.63. The Bertz CT molecular complexity index is 1160. The zero-order valence-electron chi connectivity index (χ0n) is 15.4. The average Bonchev–Trinajstić information content (AvgIpc) is 2.65. The molecule has 0 aliphatic heterocycles. The summed E-state index contributed by atoms with van der Waals surface area (Å²) in [4.78, 5) is 31.0. The largest absolute Gasteiger partial charge is 0.478 e. The normalized spacial score (nSPS) is 11.7. The minimum atomic E-state index is -5.05. The van der Waals surface area contributed by atoms with Gasteiger partial charge in [0.25, 0.3) is 0 Å². The Hall–Kier alpha value is -2.54. The molecule has 0 fully saturated rings. The fourth-order valence-corrected chi connectivity index (χ4v) is 3.84. The number of fused-ring (bicyclic) bond motifs is 2. The highest BCUT2D eigenvalue weighted by Gasteiger charge is 2.27. The molecule has 0 radical (unpaired) electrons. The van der Waals surface area contributed by atoms with Crippen molar-refractivity contribution in [3.8, 4) is 11.5 Å². The molecule has 4 N–H and O–H groups in total. The van der Waals surface area contributed by atoms with E-state index in [0.29, 0.717) is 0 Å². The van der Waals surface area contributed by atoms with Crippen LogP contribution in [0.5, 0.6) is 11.5 Å². The first kappa shape index (κ1) is 22.2. The molecule has 0 spiro atoms. The number of hydrogen-bond donors (Lipinski definition) is 4. The molecular formula is C20H18O8P2. The molecule has 0 amide bonds. The Morgan fingerprint density at radius 2 is 0.900 bits per heavy atom. The zero-order valence-corrected chi connectivity index (χ0v) is 17.2. The summed E-state index contributed by atoms with van der Waals surface area (Å²) in [5.41, 5.74) is 0. The summed E-state index contributed by atoms with van der Waals surface area (Å²) in [6.45, 7) is 0. The molecule has 4 aromatic rings. The van der Waals surface area contributed by atoms with Crippen LogP contribution in [0.4, 0.5) is 0 Å². The van der Waals surface area contributed by atoms with Crippen LogP contribution in [-0.4, -0.2) is 19.6 Å². The van der Waals surface area contributed by atoms with E-state index in [1.165, 1.54) is 21.5 Å². The van der Waals surface area contributed by atoms with Gasteiger partial charge in [0.15, 0.2) is 0 Å². The highest BCUT2D eigenvalue weighted by molar-refractivity contribution is 7.60. The summed E-state index contributed by atoms with van der Waals surface area (Å²) in [5, 5.41) is 4.83. The quantitative estimate of drug-likeness (QED) is 0.322. The van der Waals surface area contributed by atoms with Gasteiger partial charge in [0.2, 0.25) is 0 Å². The molecule has 8 nitrogen and oxygen atoms in total. The first-order valence-electron chi connectivity index (χ1n) is 8.57. The van der Waals surface area contributed by atoms with E-state index < -0.39 is 15.6 Å². The van der Waals surface area contributed by atoms with E-state index >= 15 is 0 Å². The average molecular weight is 448 g/mol. The van der Waals surface area contributed by atoms with Crippen LogP contribution in [0.3, 0.4) is 0 Å². The highest BCUT2D eigenvalue weighted by atomic mass is 31.3. The van der Waals surface area contributed by atoms with Crippen LogP contribution in [0, 0.1) is 0 Å². The zero-order chi connectivity index (χ0) is 21.8. The second kappa shape index (κ2) is 9.08. The molecule has 0 saturated heterocycles. The van der Waals surface area contributed by atoms with Gasteiger partial charge in [-0.15, -0.1) is 0 Å². The molecule has 0 saturated carbocycles. The van der Waals surface area contributed by atoms with E-state index in [2.05, 4.69) is 52.8 Å². The molecule has 156 valence electrons. The third-order valence-corrected chi connectivity index (χ3v) is 5.59. The number of phosphoric acid groups is 2. The lowest BCUT2D eigenvalue weighted by Crippen LogP contribution is -1.84. The number of hydrogen-bond acceptors (Lipinski definition) is 4. The van der Waals surface area contributed by atoms with Crippen molar-refractivity contribution in [1.82, 2.24) is 0 Å². The molecule has 30 heavy (non-hydrogen) atoms. The number of benzene rings is 4. The van der Waals surface area contributed by atoms with Crippen LogP contribution in [0.2, 0.25) is 0 Å². The number of ether oxygens (including phenoxy) is 1. The van der Waals surface area contributed by atoms with Crippen LogP contribution >= 0.6 is 15.6 Å². The van der Waals surface area contributed by atoms with Gasteiger partial charge in [-0.25, -0.2) is 9.13 Å². The van der Waals surface area contributed by atoms with Gasteiger partial charge in [0.1, 0.15) is 11.5 Å². The Morgan fingerprint density at radius 1 is 0.533 bits per heavy atom. The van der Waals surface area contributed by atoms with Crippen molar-refractivity contribution in [2.75, 3.05) is 0 Å². The van der Waals surface area contributed by atoms with E-state index in [9.17, 15) is 9.13 Å². The molecule has 4 aromatic carbocycles. The van der Waals surface area contributed by atoms with Gasteiger partial charge in [-0.2, -0.15) is 4.31 Å². The Labute approximate surface area is 171 Å². The van der Waals surface area contributed by atoms with Crippen molar-refractivity contribution in [1.29, 1.82) is 0 Å². The Kier molecular flexibility index (Phi) is 6.71. The van der Waals surface area contributed by atoms with Gasteiger partial charge < -0.3 is 24.3 Å². The Morgan fingerprint density at radius 3 is 1.23 bits per heavy atom. The summed E-state index contributed by atoms with van der Waals surface area (Å²) in [6, 6.07) is 28.9. The van der Waals surface area contributed by atoms with Gasteiger partial charge in [-0.1, -0.05) is 60.7 Å². The SMILES string of the molecule is O=P(O)(O)OP(=O)(O)O.c1ccc2cc(Oc3ccc4ccccc4c3)ccc2c1. The molecular weight excluding hydrogens is 430 g/mol. The lowest BCUT2D eigenvalue weighted by Gasteiger charge is -2.08. The third-order valence-electron chi connectivity index (χ3n) is 3.89. The second-order valence-corrected chi connectivity index (χ2v) is 8.80. The van der Waals surface area contributed by atoms with Crippen molar-refractivity contribution in [3.63, 3.8) is 0 Å². The minimum absolute atomic E-state index is 0.865. The van der Waals surface area contributed by atoms with E-state index in [4.69, 9.17) is 24.3 Å². The molecule has 0 bridgehead atoms. The molecule has 0 unspecified atom stereocenters. The number of rotatable bonds is 4. The highest BCUT2D eigenvalue weighted by Crippen LogP contribution is 2.53. The van der Waals surface area contributed by atoms with Crippen molar-refractivity contribution in [2.45, 2.75) is 0 Å². The van der Waals surface area contributed by atoms with Gasteiger partial charge in [-0.05, 0) is 45.8 Å². The standard InChI is InChI=1S/C20H14O.H4O7P2/c1-3-7-17-13-19(11-9-15(17)5-1)21-20-12-10-16-6-2-4-8-18(16)14-20;1-8(2,3)7-9(4,5)6/h1-14H;(H2,1,2,3)(H2,4,5,6). The summed E-state index contributed by atoms with van der Waals surface area (Å²) in [5.74, 6) is 1.73. The van der Waals surface area contributed by atoms with Crippen molar-refractivity contribution in [3.05, 3.63) is 84.9 Å². The van der Waals surface area contributed by atoms with Crippen LogP contribution < -0.4 is 4.74 Å². The van der Waals surface area contributed by atoms with Crippen LogP contribution in [-0.2, 0) is 13.4 Å². The van der Waals surface area contributed by atoms with Crippen molar-refractivity contribution >= 4 is 37.2 Å². The Balaban J connectivity index is 0.000000244. The van der Waals surface area contributed by atoms with Gasteiger partial charge in [0.05, 0.1) is 0 Å². The smallest absolute Gasteiger partial charge is 0.457 e. The van der Waals surface area contributed by atoms with Crippen molar-refractivity contribution in [2.24, 2.45) is 0 Å². The molecule has 0 atom stereocenters. The molecule has 4 rings (SSSR count). The predicted octanol–water partition coefficient (Wildman–Crippen LogP) is 4.97. The molecule has 0 aliphatic carbocycles. The molecule has 10 heteroatoms. The maximum Gasteiger partial charge on any atom is 0.478 e. The van der Waals surface area contributed by atoms with E-state index in [1.807, 2.05) is 36.4 Å². The molecule has 0 heterocycles. The van der Waals surface area contributed by atoms with Gasteiger partial charge >= 0.3 is 15.6 Å². The van der Waals surface area contributed by atoms with E-state index in [0.717, 1.165) is 11.5 Å². The first-order chi connectivity index (χ1) is 14.1. The van der Waals surface area contributed by atoms with Gasteiger partial charge in [0, 0.05) is 0 Å². The van der Waals surface area contributed by atoms with Gasteiger partial charge in [-0.3, -0.25) is 0 Å². The fourth-order valence-electron chi connectivity index (χ4n) is 2.74. The van der Waals surface area contributed by atoms with Crippen LogP contribution in [0.25, 0.3) is 21.5 Å². The molecule has 0 aliphatic rings. The maximum absolute atomic E-state index is 9.63. The monoisotopic (exact) mass is 448 g/mol. The minimum Gasteiger partial charge on any atom is -0.457 e. The van der Waals surface area contributed by atoms with E-state index in [-0.39, 0.29) is 0 Å². The fraction of sp³-hybridized carbons (Fsp3) is 0. The second-order valence-electron chi connectivity index (χ2n) is 6.18. The summed E-state index contributed by atoms with van der Waals surface area (Å²) >= 11 is 0. The van der Waals surface area contributed by atoms with E-state index in [1.54, 1.807) is 0 Å². The summed E-state index contributed by atoms with van der Waals surface area (Å²) in [7, 11) is -10.1. The van der Waals surface area contributed by atoms with Crippen LogP contribution in [0.1, 0.15) is 0 Å². The molecule has 0 aromatic heterocycles. The predicted molar refractivity (Wildman–Crippen MR) is 113 cm³/mol. The van der Waals surface area contributed by atoms with Crippen LogP contribution in [0.15, 0.2) is 84.9 Å². The summed E-state index contributed by atoms with van der Waals surface area (Å²) in [6.07, 6.45) is 0. The lowest BCUT2D eigenvalue weighted by molar-refractivity contribution is 0.225. The third kappa shape index (κ3) is 6.76. The van der Waals surface area contributed by atoms with Crippen molar-refractivity contribution < 1.29 is 37.8 Å². The lowest BCUT2D eigenvalue weighted by atomic mass is 10.1. The summed E-state index contributed by atoms with van der Waals surface area (Å²) < 4.78 is 28.2. The topological polar surface area (TPSA) is 134 Å². The first-order valence-corrected chi connectivity index (χ1v) is 11.6.